The summed E-state index contributed by atoms with van der Waals surface area (Å²) in [6, 6.07) is 0.277. The molecule has 1 saturated carbocycles. The molecule has 0 aromatic carbocycles. The van der Waals surface area contributed by atoms with Gasteiger partial charge in [-0.15, -0.1) is 0 Å². The summed E-state index contributed by atoms with van der Waals surface area (Å²) < 4.78 is 0. The van der Waals surface area contributed by atoms with Gasteiger partial charge >= 0.3 is 0 Å². The van der Waals surface area contributed by atoms with Gasteiger partial charge in [0, 0.05) is 6.04 Å². The van der Waals surface area contributed by atoms with E-state index in [0.717, 1.165) is 12.8 Å². The van der Waals surface area contributed by atoms with Crippen molar-refractivity contribution in [2.45, 2.75) is 57.5 Å². The predicted molar refractivity (Wildman–Crippen MR) is 66.3 cm³/mol. The van der Waals surface area contributed by atoms with Crippen LogP contribution in [0.2, 0.25) is 0 Å². The highest BCUT2D eigenvalue weighted by atomic mass is 16.2. The summed E-state index contributed by atoms with van der Waals surface area (Å²) in [6.07, 6.45) is 5.69. The molecule has 1 aliphatic carbocycles. The van der Waals surface area contributed by atoms with Crippen molar-refractivity contribution < 1.29 is 9.59 Å². The summed E-state index contributed by atoms with van der Waals surface area (Å²) in [4.78, 5) is 23.0. The van der Waals surface area contributed by atoms with E-state index in [1.165, 1.54) is 19.3 Å². The van der Waals surface area contributed by atoms with Crippen LogP contribution in [-0.2, 0) is 9.59 Å². The van der Waals surface area contributed by atoms with Crippen LogP contribution in [0.1, 0.15) is 46.0 Å². The minimum Gasteiger partial charge on any atom is -0.352 e. The molecular formula is C12H23N3O2. The lowest BCUT2D eigenvalue weighted by Crippen LogP contribution is -2.52. The maximum Gasteiger partial charge on any atom is 0.239 e. The van der Waals surface area contributed by atoms with Crippen molar-refractivity contribution in [2.75, 3.05) is 6.54 Å². The molecule has 0 heterocycles. The molecule has 0 spiro atoms. The second kappa shape index (κ2) is 6.00. The lowest BCUT2D eigenvalue weighted by atomic mass is 9.95. The average Bonchev–Trinajstić information content (AvgIpc) is 2.26. The van der Waals surface area contributed by atoms with E-state index in [9.17, 15) is 9.59 Å². The van der Waals surface area contributed by atoms with Gasteiger partial charge in [0.1, 0.15) is 0 Å². The number of hydrogen-bond donors (Lipinski definition) is 3. The molecule has 17 heavy (non-hydrogen) atoms. The van der Waals surface area contributed by atoms with E-state index >= 15 is 0 Å². The number of nitrogens with two attached hydrogens (primary N) is 1. The first-order valence-corrected chi connectivity index (χ1v) is 6.26. The highest BCUT2D eigenvalue weighted by Gasteiger charge is 2.22. The average molecular weight is 241 g/mol. The van der Waals surface area contributed by atoms with Gasteiger partial charge in [0.05, 0.1) is 12.1 Å². The van der Waals surface area contributed by atoms with E-state index in [1.807, 2.05) is 0 Å². The van der Waals surface area contributed by atoms with E-state index in [2.05, 4.69) is 10.6 Å². The highest BCUT2D eigenvalue weighted by molar-refractivity contribution is 5.89. The number of carbonyl (C=O) groups excluding carboxylic acids is 2. The number of hydrogen-bond acceptors (Lipinski definition) is 3. The van der Waals surface area contributed by atoms with Crippen molar-refractivity contribution in [3.05, 3.63) is 0 Å². The van der Waals surface area contributed by atoms with E-state index in [-0.39, 0.29) is 24.4 Å². The first-order chi connectivity index (χ1) is 7.89. The number of rotatable bonds is 4. The molecule has 0 aromatic rings. The van der Waals surface area contributed by atoms with Gasteiger partial charge in [-0.1, -0.05) is 19.3 Å². The zero-order valence-electron chi connectivity index (χ0n) is 10.7. The molecule has 0 unspecified atom stereocenters. The zero-order valence-corrected chi connectivity index (χ0v) is 10.7. The summed E-state index contributed by atoms with van der Waals surface area (Å²) in [7, 11) is 0. The Bertz CT molecular complexity index is 278. The van der Waals surface area contributed by atoms with Crippen LogP contribution >= 0.6 is 0 Å². The van der Waals surface area contributed by atoms with Gasteiger partial charge in [-0.3, -0.25) is 9.59 Å². The molecule has 0 saturated heterocycles. The third kappa shape index (κ3) is 5.17. The molecule has 1 fully saturated rings. The van der Waals surface area contributed by atoms with Crippen LogP contribution in [0, 0.1) is 0 Å². The normalized spacial score (nSPS) is 17.6. The lowest BCUT2D eigenvalue weighted by molar-refractivity contribution is -0.129. The Kier molecular flexibility index (Phi) is 4.93. The van der Waals surface area contributed by atoms with Crippen molar-refractivity contribution in [3.8, 4) is 0 Å². The molecule has 4 N–H and O–H groups in total. The van der Waals surface area contributed by atoms with Gasteiger partial charge in [0.2, 0.25) is 11.8 Å². The number of carbonyl (C=O) groups is 2. The molecule has 0 aliphatic heterocycles. The Morgan fingerprint density at radius 3 is 2.35 bits per heavy atom. The summed E-state index contributed by atoms with van der Waals surface area (Å²) in [6.45, 7) is 3.23. The Labute approximate surface area is 103 Å². The van der Waals surface area contributed by atoms with Crippen molar-refractivity contribution in [3.63, 3.8) is 0 Å². The zero-order chi connectivity index (χ0) is 12.9. The fourth-order valence-electron chi connectivity index (χ4n) is 1.91. The van der Waals surface area contributed by atoms with Gasteiger partial charge in [-0.2, -0.15) is 0 Å². The maximum absolute atomic E-state index is 11.6. The molecule has 0 radical (unpaired) electrons. The molecule has 0 atom stereocenters. The fraction of sp³-hybridized carbons (Fsp3) is 0.833. The summed E-state index contributed by atoms with van der Waals surface area (Å²) in [5, 5.41) is 5.47. The summed E-state index contributed by atoms with van der Waals surface area (Å²) in [5.74, 6) is -0.439. The second-order valence-electron chi connectivity index (χ2n) is 5.31. The highest BCUT2D eigenvalue weighted by Crippen LogP contribution is 2.17. The van der Waals surface area contributed by atoms with Crippen LogP contribution in [0.4, 0.5) is 0 Å². The Balaban J connectivity index is 2.23. The minimum absolute atomic E-state index is 0.00988. The molecule has 1 rings (SSSR count). The van der Waals surface area contributed by atoms with Gasteiger partial charge in [-0.25, -0.2) is 0 Å². The van der Waals surface area contributed by atoms with Crippen LogP contribution in [0.25, 0.3) is 0 Å². The number of amides is 2. The molecule has 98 valence electrons. The molecular weight excluding hydrogens is 218 g/mol. The predicted octanol–water partition coefficient (Wildman–Crippen LogP) is 0.289. The molecule has 0 bridgehead atoms. The maximum atomic E-state index is 11.6. The van der Waals surface area contributed by atoms with E-state index in [0.29, 0.717) is 0 Å². The first kappa shape index (κ1) is 14.0. The van der Waals surface area contributed by atoms with Gasteiger partial charge in [0.25, 0.3) is 0 Å². The van der Waals surface area contributed by atoms with Crippen molar-refractivity contribution in [1.82, 2.24) is 10.6 Å². The van der Waals surface area contributed by atoms with Crippen molar-refractivity contribution in [1.29, 1.82) is 0 Å². The third-order valence-electron chi connectivity index (χ3n) is 2.97. The Morgan fingerprint density at radius 1 is 1.24 bits per heavy atom. The van der Waals surface area contributed by atoms with Gasteiger partial charge in [-0.05, 0) is 26.7 Å². The standard InChI is InChI=1S/C12H23N3O2/c1-12(2,13)11(17)14-8-10(16)15-9-6-4-3-5-7-9/h9H,3-8,13H2,1-2H3,(H,14,17)(H,15,16). The summed E-state index contributed by atoms with van der Waals surface area (Å²) >= 11 is 0. The molecule has 2 amide bonds. The van der Waals surface area contributed by atoms with E-state index in [4.69, 9.17) is 5.73 Å². The largest absolute Gasteiger partial charge is 0.352 e. The number of nitrogens with one attached hydrogen (secondary N) is 2. The molecule has 0 aromatic heterocycles. The second-order valence-corrected chi connectivity index (χ2v) is 5.31. The van der Waals surface area contributed by atoms with Crippen LogP contribution in [0.3, 0.4) is 0 Å². The summed E-state index contributed by atoms with van der Waals surface area (Å²) in [5.41, 5.74) is 4.67. The van der Waals surface area contributed by atoms with Crippen LogP contribution in [-0.4, -0.2) is 29.9 Å². The lowest BCUT2D eigenvalue weighted by Gasteiger charge is -2.23. The topological polar surface area (TPSA) is 84.2 Å². The molecule has 5 heteroatoms. The molecule has 5 nitrogen and oxygen atoms in total. The quantitative estimate of drug-likeness (QED) is 0.661. The Hall–Kier alpha value is -1.10. The van der Waals surface area contributed by atoms with Crippen molar-refractivity contribution >= 4 is 11.8 Å². The smallest absolute Gasteiger partial charge is 0.239 e. The van der Waals surface area contributed by atoms with Crippen molar-refractivity contribution in [2.24, 2.45) is 5.73 Å². The minimum atomic E-state index is -0.939. The van der Waals surface area contributed by atoms with E-state index in [1.54, 1.807) is 13.8 Å². The fourth-order valence-corrected chi connectivity index (χ4v) is 1.91. The monoisotopic (exact) mass is 241 g/mol. The Morgan fingerprint density at radius 2 is 1.82 bits per heavy atom. The van der Waals surface area contributed by atoms with Gasteiger partial charge < -0.3 is 16.4 Å². The van der Waals surface area contributed by atoms with Crippen LogP contribution < -0.4 is 16.4 Å². The first-order valence-electron chi connectivity index (χ1n) is 6.26. The van der Waals surface area contributed by atoms with Crippen LogP contribution in [0.15, 0.2) is 0 Å². The third-order valence-corrected chi connectivity index (χ3v) is 2.97. The SMILES string of the molecule is CC(C)(N)C(=O)NCC(=O)NC1CCCCC1. The van der Waals surface area contributed by atoms with E-state index < -0.39 is 5.54 Å². The van der Waals surface area contributed by atoms with Gasteiger partial charge in [0.15, 0.2) is 0 Å². The van der Waals surface area contributed by atoms with Crippen LogP contribution in [0.5, 0.6) is 0 Å². The molecule has 1 aliphatic rings.